The molecule has 2 rings (SSSR count). The molecule has 90 valence electrons. The molecular formula is C14H18N2S. The SMILES string of the molecule is CNC(c1cncs1)c1cc(C)c(C)cc1C. The molecule has 1 atom stereocenters. The Bertz CT molecular complexity index is 503. The highest BCUT2D eigenvalue weighted by Gasteiger charge is 2.16. The van der Waals surface area contributed by atoms with Crippen molar-refractivity contribution in [2.24, 2.45) is 0 Å². The third kappa shape index (κ3) is 2.40. The first-order chi connectivity index (χ1) is 8.13. The van der Waals surface area contributed by atoms with Crippen LogP contribution in [0.25, 0.3) is 0 Å². The molecule has 17 heavy (non-hydrogen) atoms. The summed E-state index contributed by atoms with van der Waals surface area (Å²) in [5, 5.41) is 3.38. The van der Waals surface area contributed by atoms with Gasteiger partial charge in [0.2, 0.25) is 0 Å². The molecule has 0 bridgehead atoms. The van der Waals surface area contributed by atoms with Crippen molar-refractivity contribution in [3.8, 4) is 0 Å². The Morgan fingerprint density at radius 3 is 2.41 bits per heavy atom. The standard InChI is InChI=1S/C14H18N2S/c1-9-5-11(3)12(6-10(9)2)14(15-4)13-7-16-8-17-13/h5-8,14-15H,1-4H3. The van der Waals surface area contributed by atoms with E-state index < -0.39 is 0 Å². The lowest BCUT2D eigenvalue weighted by molar-refractivity contribution is 0.697. The van der Waals surface area contributed by atoms with Gasteiger partial charge < -0.3 is 5.32 Å². The summed E-state index contributed by atoms with van der Waals surface area (Å²) in [5.74, 6) is 0. The number of hydrogen-bond acceptors (Lipinski definition) is 3. The van der Waals surface area contributed by atoms with Gasteiger partial charge in [0.25, 0.3) is 0 Å². The Morgan fingerprint density at radius 1 is 1.12 bits per heavy atom. The smallest absolute Gasteiger partial charge is 0.0794 e. The van der Waals surface area contributed by atoms with Crippen molar-refractivity contribution in [2.45, 2.75) is 26.8 Å². The minimum atomic E-state index is 0.252. The van der Waals surface area contributed by atoms with Gasteiger partial charge in [-0.3, -0.25) is 4.98 Å². The maximum Gasteiger partial charge on any atom is 0.0794 e. The van der Waals surface area contributed by atoms with Crippen molar-refractivity contribution < 1.29 is 0 Å². The Morgan fingerprint density at radius 2 is 1.82 bits per heavy atom. The molecule has 1 aromatic heterocycles. The van der Waals surface area contributed by atoms with Gasteiger partial charge >= 0.3 is 0 Å². The van der Waals surface area contributed by atoms with Crippen LogP contribution >= 0.6 is 11.3 Å². The summed E-state index contributed by atoms with van der Waals surface area (Å²) in [6.45, 7) is 6.50. The van der Waals surface area contributed by atoms with Crippen molar-refractivity contribution in [2.75, 3.05) is 7.05 Å². The molecule has 0 aliphatic rings. The minimum absolute atomic E-state index is 0.252. The normalized spacial score (nSPS) is 12.7. The van der Waals surface area contributed by atoms with E-state index in [0.29, 0.717) is 0 Å². The molecule has 0 amide bonds. The summed E-state index contributed by atoms with van der Waals surface area (Å²) in [4.78, 5) is 5.43. The number of nitrogens with zero attached hydrogens (tertiary/aromatic N) is 1. The fourth-order valence-corrected chi connectivity index (χ4v) is 2.86. The van der Waals surface area contributed by atoms with Gasteiger partial charge in [-0.25, -0.2) is 0 Å². The summed E-state index contributed by atoms with van der Waals surface area (Å²) in [7, 11) is 2.00. The zero-order chi connectivity index (χ0) is 12.4. The summed E-state index contributed by atoms with van der Waals surface area (Å²) in [6, 6.07) is 4.79. The lowest BCUT2D eigenvalue weighted by Gasteiger charge is -2.19. The molecule has 0 aliphatic carbocycles. The largest absolute Gasteiger partial charge is 0.309 e. The highest BCUT2D eigenvalue weighted by molar-refractivity contribution is 7.09. The maximum atomic E-state index is 4.16. The Balaban J connectivity index is 2.48. The average Bonchev–Trinajstić information content (AvgIpc) is 2.80. The van der Waals surface area contributed by atoms with E-state index in [1.807, 2.05) is 18.8 Å². The van der Waals surface area contributed by atoms with E-state index >= 15 is 0 Å². The van der Waals surface area contributed by atoms with Crippen LogP contribution in [0.15, 0.2) is 23.8 Å². The molecule has 0 saturated carbocycles. The first kappa shape index (κ1) is 12.3. The van der Waals surface area contributed by atoms with Crippen molar-refractivity contribution in [3.63, 3.8) is 0 Å². The van der Waals surface area contributed by atoms with Crippen molar-refractivity contribution in [1.29, 1.82) is 0 Å². The van der Waals surface area contributed by atoms with E-state index in [1.165, 1.54) is 27.1 Å². The number of aryl methyl sites for hydroxylation is 3. The van der Waals surface area contributed by atoms with Crippen LogP contribution in [0.3, 0.4) is 0 Å². The van der Waals surface area contributed by atoms with Crippen molar-refractivity contribution in [1.82, 2.24) is 10.3 Å². The number of aromatic nitrogens is 1. The number of benzene rings is 1. The summed E-state index contributed by atoms with van der Waals surface area (Å²) < 4.78 is 0. The topological polar surface area (TPSA) is 24.9 Å². The van der Waals surface area contributed by atoms with E-state index in [0.717, 1.165) is 0 Å². The van der Waals surface area contributed by atoms with Gasteiger partial charge in [0.05, 0.1) is 11.6 Å². The minimum Gasteiger partial charge on any atom is -0.309 e. The average molecular weight is 246 g/mol. The number of rotatable bonds is 3. The third-order valence-electron chi connectivity index (χ3n) is 3.22. The number of nitrogens with one attached hydrogen (secondary N) is 1. The van der Waals surface area contributed by atoms with E-state index in [1.54, 1.807) is 11.3 Å². The van der Waals surface area contributed by atoms with Gasteiger partial charge in [-0.05, 0) is 50.1 Å². The molecule has 2 nitrogen and oxygen atoms in total. The second-order valence-corrected chi connectivity index (χ2v) is 5.34. The van der Waals surface area contributed by atoms with Crippen LogP contribution in [0.5, 0.6) is 0 Å². The molecule has 1 N–H and O–H groups in total. The third-order valence-corrected chi connectivity index (χ3v) is 4.06. The molecule has 0 saturated heterocycles. The van der Waals surface area contributed by atoms with Gasteiger partial charge in [0.15, 0.2) is 0 Å². The first-order valence-corrected chi connectivity index (χ1v) is 6.65. The van der Waals surface area contributed by atoms with E-state index in [2.05, 4.69) is 43.2 Å². The Labute approximate surface area is 107 Å². The van der Waals surface area contributed by atoms with E-state index in [4.69, 9.17) is 0 Å². The van der Waals surface area contributed by atoms with Gasteiger partial charge in [-0.2, -0.15) is 0 Å². The van der Waals surface area contributed by atoms with Gasteiger partial charge in [0, 0.05) is 11.1 Å². The highest BCUT2D eigenvalue weighted by Crippen LogP contribution is 2.28. The second-order valence-electron chi connectivity index (χ2n) is 4.42. The zero-order valence-corrected chi connectivity index (χ0v) is 11.6. The highest BCUT2D eigenvalue weighted by atomic mass is 32.1. The van der Waals surface area contributed by atoms with Gasteiger partial charge in [-0.1, -0.05) is 12.1 Å². The first-order valence-electron chi connectivity index (χ1n) is 5.77. The zero-order valence-electron chi connectivity index (χ0n) is 10.7. The molecule has 0 radical (unpaired) electrons. The summed E-state index contributed by atoms with van der Waals surface area (Å²) in [5.41, 5.74) is 7.26. The monoisotopic (exact) mass is 246 g/mol. The lowest BCUT2D eigenvalue weighted by atomic mass is 9.95. The summed E-state index contributed by atoms with van der Waals surface area (Å²) >= 11 is 1.70. The second kappa shape index (κ2) is 4.98. The molecule has 1 aromatic carbocycles. The quantitative estimate of drug-likeness (QED) is 0.898. The molecule has 0 fully saturated rings. The van der Waals surface area contributed by atoms with Crippen LogP contribution in [-0.2, 0) is 0 Å². The molecule has 2 aromatic rings. The predicted octanol–water partition coefficient (Wildman–Crippen LogP) is 3.38. The van der Waals surface area contributed by atoms with Gasteiger partial charge in [0.1, 0.15) is 0 Å². The molecule has 1 heterocycles. The summed E-state index contributed by atoms with van der Waals surface area (Å²) in [6.07, 6.45) is 1.94. The molecule has 1 unspecified atom stereocenters. The van der Waals surface area contributed by atoms with Crippen molar-refractivity contribution in [3.05, 3.63) is 51.0 Å². The van der Waals surface area contributed by atoms with Crippen LogP contribution < -0.4 is 5.32 Å². The van der Waals surface area contributed by atoms with Crippen LogP contribution in [0.2, 0.25) is 0 Å². The van der Waals surface area contributed by atoms with Gasteiger partial charge in [-0.15, -0.1) is 11.3 Å². The molecule has 0 aliphatic heterocycles. The lowest BCUT2D eigenvalue weighted by Crippen LogP contribution is -2.18. The molecule has 0 spiro atoms. The van der Waals surface area contributed by atoms with Crippen LogP contribution in [0.4, 0.5) is 0 Å². The van der Waals surface area contributed by atoms with E-state index in [9.17, 15) is 0 Å². The molecular weight excluding hydrogens is 228 g/mol. The fraction of sp³-hybridized carbons (Fsp3) is 0.357. The Hall–Kier alpha value is -1.19. The fourth-order valence-electron chi connectivity index (χ4n) is 2.11. The van der Waals surface area contributed by atoms with Crippen LogP contribution in [-0.4, -0.2) is 12.0 Å². The van der Waals surface area contributed by atoms with Crippen molar-refractivity contribution >= 4 is 11.3 Å². The van der Waals surface area contributed by atoms with Crippen LogP contribution in [0, 0.1) is 20.8 Å². The Kier molecular flexibility index (Phi) is 3.60. The predicted molar refractivity (Wildman–Crippen MR) is 73.7 cm³/mol. The van der Waals surface area contributed by atoms with Crippen LogP contribution in [0.1, 0.15) is 33.2 Å². The molecule has 3 heteroatoms. The number of thiazole rings is 1. The number of hydrogen-bond donors (Lipinski definition) is 1. The maximum absolute atomic E-state index is 4.16. The van der Waals surface area contributed by atoms with E-state index in [-0.39, 0.29) is 6.04 Å².